The molecule has 1 N–H and O–H groups in total. The lowest BCUT2D eigenvalue weighted by Crippen LogP contribution is -2.26. The summed E-state index contributed by atoms with van der Waals surface area (Å²) in [6.07, 6.45) is -5.38. The standard InChI is InChI=1S/C2HF3O6S/c3-2(4,5)1(6)10-11-12(7,8)9/h(H,7,8,9). The molecule has 0 radical (unpaired) electrons. The molecule has 0 saturated carbocycles. The van der Waals surface area contributed by atoms with Crippen molar-refractivity contribution in [1.29, 1.82) is 0 Å². The molecule has 0 aliphatic rings. The Morgan fingerprint density at radius 3 is 2.00 bits per heavy atom. The van der Waals surface area contributed by atoms with Crippen LogP contribution in [0.4, 0.5) is 13.2 Å². The average molecular weight is 210 g/mol. The van der Waals surface area contributed by atoms with Gasteiger partial charge in [0, 0.05) is 0 Å². The molecule has 0 aromatic carbocycles. The predicted molar refractivity (Wildman–Crippen MR) is 24.8 cm³/mol. The fourth-order valence-corrected chi connectivity index (χ4v) is 0.269. The summed E-state index contributed by atoms with van der Waals surface area (Å²) in [5.74, 6) is -2.89. The Morgan fingerprint density at radius 1 is 1.33 bits per heavy atom. The van der Waals surface area contributed by atoms with Crippen LogP contribution in [0.5, 0.6) is 0 Å². The summed E-state index contributed by atoms with van der Waals surface area (Å²) in [6.45, 7) is 0. The third kappa shape index (κ3) is 4.87. The minimum Gasteiger partial charge on any atom is -0.269 e. The fourth-order valence-electron chi connectivity index (χ4n) is 0.121. The van der Waals surface area contributed by atoms with Gasteiger partial charge in [-0.3, -0.25) is 9.44 Å². The Balaban J connectivity index is 4.07. The molecule has 0 amide bonds. The molecule has 72 valence electrons. The van der Waals surface area contributed by atoms with Gasteiger partial charge >= 0.3 is 22.5 Å². The summed E-state index contributed by atoms with van der Waals surface area (Å²) in [6, 6.07) is 0. The van der Waals surface area contributed by atoms with Crippen LogP contribution in [0, 0.1) is 0 Å². The molecule has 10 heteroatoms. The Kier molecular flexibility index (Phi) is 3.01. The van der Waals surface area contributed by atoms with E-state index in [0.29, 0.717) is 0 Å². The maximum Gasteiger partial charge on any atom is 0.494 e. The fraction of sp³-hybridized carbons (Fsp3) is 0.500. The molecule has 0 bridgehead atoms. The molecule has 0 unspecified atom stereocenters. The van der Waals surface area contributed by atoms with Gasteiger partial charge in [-0.2, -0.15) is 21.6 Å². The number of hydrogen-bond acceptors (Lipinski definition) is 5. The van der Waals surface area contributed by atoms with E-state index in [1.54, 1.807) is 0 Å². The quantitative estimate of drug-likeness (QED) is 0.386. The lowest BCUT2D eigenvalue weighted by molar-refractivity contribution is -0.257. The number of hydrogen-bond donors (Lipinski definition) is 1. The van der Waals surface area contributed by atoms with Crippen molar-refractivity contribution in [2.45, 2.75) is 6.18 Å². The maximum atomic E-state index is 11.2. The van der Waals surface area contributed by atoms with E-state index in [0.717, 1.165) is 0 Å². The summed E-state index contributed by atoms with van der Waals surface area (Å²) >= 11 is 0. The zero-order valence-electron chi connectivity index (χ0n) is 5.03. The highest BCUT2D eigenvalue weighted by molar-refractivity contribution is 7.80. The van der Waals surface area contributed by atoms with Gasteiger partial charge in [0.15, 0.2) is 0 Å². The van der Waals surface area contributed by atoms with E-state index in [1.807, 2.05) is 0 Å². The second-order valence-corrected chi connectivity index (χ2v) is 2.36. The van der Waals surface area contributed by atoms with Crippen LogP contribution in [0.15, 0.2) is 0 Å². The van der Waals surface area contributed by atoms with E-state index in [4.69, 9.17) is 4.55 Å². The van der Waals surface area contributed by atoms with Crippen molar-refractivity contribution in [3.63, 3.8) is 0 Å². The van der Waals surface area contributed by atoms with E-state index >= 15 is 0 Å². The molecule has 0 fully saturated rings. The first kappa shape index (κ1) is 11.1. The number of carbonyl (C=O) groups is 1. The topological polar surface area (TPSA) is 89.9 Å². The van der Waals surface area contributed by atoms with Crippen molar-refractivity contribution in [2.75, 3.05) is 0 Å². The summed E-state index contributed by atoms with van der Waals surface area (Å²) in [7, 11) is -5.22. The van der Waals surface area contributed by atoms with Crippen molar-refractivity contribution >= 4 is 16.4 Å². The molecule has 0 aromatic rings. The molecular formula is C2HF3O6S. The van der Waals surface area contributed by atoms with Crippen LogP contribution >= 0.6 is 0 Å². The second kappa shape index (κ2) is 3.25. The highest BCUT2D eigenvalue weighted by atomic mass is 32.3. The third-order valence-electron chi connectivity index (χ3n) is 0.427. The van der Waals surface area contributed by atoms with Gasteiger partial charge < -0.3 is 0 Å². The molecule has 6 nitrogen and oxygen atoms in total. The highest BCUT2D eigenvalue weighted by Gasteiger charge is 2.43. The Bertz CT molecular complexity index is 263. The molecule has 0 saturated heterocycles. The van der Waals surface area contributed by atoms with Gasteiger partial charge in [-0.05, 0) is 4.33 Å². The van der Waals surface area contributed by atoms with Gasteiger partial charge in [-0.25, -0.2) is 4.79 Å². The SMILES string of the molecule is O=C(OOS(=O)(=O)O)C(F)(F)F. The van der Waals surface area contributed by atoms with E-state index in [-0.39, 0.29) is 0 Å². The summed E-state index contributed by atoms with van der Waals surface area (Å²) in [5, 5.41) is 0. The van der Waals surface area contributed by atoms with Crippen LogP contribution in [0.3, 0.4) is 0 Å². The van der Waals surface area contributed by atoms with Gasteiger partial charge in [0.2, 0.25) is 0 Å². The molecule has 0 aliphatic heterocycles. The van der Waals surface area contributed by atoms with E-state index in [1.165, 1.54) is 0 Å². The van der Waals surface area contributed by atoms with Crippen LogP contribution in [0.25, 0.3) is 0 Å². The van der Waals surface area contributed by atoms with Gasteiger partial charge in [0.25, 0.3) is 0 Å². The number of alkyl halides is 3. The van der Waals surface area contributed by atoms with Crippen molar-refractivity contribution in [3.05, 3.63) is 0 Å². The molecule has 0 atom stereocenters. The first-order valence-electron chi connectivity index (χ1n) is 2.07. The van der Waals surface area contributed by atoms with E-state index in [2.05, 4.69) is 9.22 Å². The molecule has 12 heavy (non-hydrogen) atoms. The Labute approximate surface area is 63.8 Å². The summed E-state index contributed by atoms with van der Waals surface area (Å²) in [5.41, 5.74) is 0. The van der Waals surface area contributed by atoms with Gasteiger partial charge in [0.1, 0.15) is 0 Å². The van der Waals surface area contributed by atoms with Gasteiger partial charge in [-0.15, -0.1) is 0 Å². The number of halogens is 3. The normalized spacial score (nSPS) is 12.7. The average Bonchev–Trinajstić information content (AvgIpc) is 1.78. The minimum absolute atomic E-state index is 2.67. The van der Waals surface area contributed by atoms with Crippen molar-refractivity contribution in [3.8, 4) is 0 Å². The first-order valence-corrected chi connectivity index (χ1v) is 3.44. The monoisotopic (exact) mass is 210 g/mol. The molecule has 0 spiro atoms. The van der Waals surface area contributed by atoms with Crippen molar-refractivity contribution in [2.24, 2.45) is 0 Å². The maximum absolute atomic E-state index is 11.2. The summed E-state index contributed by atoms with van der Waals surface area (Å²) in [4.78, 5) is 12.3. The smallest absolute Gasteiger partial charge is 0.269 e. The second-order valence-electron chi connectivity index (χ2n) is 1.36. The van der Waals surface area contributed by atoms with E-state index in [9.17, 15) is 26.4 Å². The molecular weight excluding hydrogens is 209 g/mol. The summed E-state index contributed by atoms with van der Waals surface area (Å²) < 4.78 is 63.0. The van der Waals surface area contributed by atoms with Crippen molar-refractivity contribution in [1.82, 2.24) is 0 Å². The zero-order valence-corrected chi connectivity index (χ0v) is 5.85. The van der Waals surface area contributed by atoms with Crippen LogP contribution in [-0.4, -0.2) is 25.1 Å². The lowest BCUT2D eigenvalue weighted by Gasteiger charge is -2.01. The lowest BCUT2D eigenvalue weighted by atomic mass is 10.7. The number of rotatable bonds is 2. The molecule has 0 aromatic heterocycles. The molecule has 0 heterocycles. The van der Waals surface area contributed by atoms with Crippen LogP contribution in [0.1, 0.15) is 0 Å². The zero-order chi connectivity index (χ0) is 9.99. The molecule has 0 aliphatic carbocycles. The Hall–Kier alpha value is -0.870. The largest absolute Gasteiger partial charge is 0.494 e. The molecule has 0 rings (SSSR count). The third-order valence-corrected chi connectivity index (χ3v) is 0.667. The van der Waals surface area contributed by atoms with Gasteiger partial charge in [-0.1, -0.05) is 0 Å². The minimum atomic E-state index is -5.38. The van der Waals surface area contributed by atoms with E-state index < -0.39 is 22.5 Å². The van der Waals surface area contributed by atoms with Crippen LogP contribution < -0.4 is 0 Å². The van der Waals surface area contributed by atoms with Crippen LogP contribution in [-0.2, 0) is 24.4 Å². The predicted octanol–water partition coefficient (Wildman–Crippen LogP) is -0.174. The van der Waals surface area contributed by atoms with Gasteiger partial charge in [0.05, 0.1) is 0 Å². The Morgan fingerprint density at radius 2 is 1.75 bits per heavy atom. The highest BCUT2D eigenvalue weighted by Crippen LogP contribution is 2.16. The van der Waals surface area contributed by atoms with Crippen molar-refractivity contribution < 1.29 is 40.2 Å². The first-order chi connectivity index (χ1) is 5.13. The number of carbonyl (C=O) groups excluding carboxylic acids is 1. The van der Waals surface area contributed by atoms with Crippen LogP contribution in [0.2, 0.25) is 0 Å².